The Labute approximate surface area is 308 Å². The predicted octanol–water partition coefficient (Wildman–Crippen LogP) is 9.47. The molecule has 0 bridgehead atoms. The van der Waals surface area contributed by atoms with E-state index in [0.29, 0.717) is 36.5 Å². The maximum atomic E-state index is 14.0. The highest BCUT2D eigenvalue weighted by Gasteiger charge is 2.70. The summed E-state index contributed by atoms with van der Waals surface area (Å²) >= 11 is 0. The van der Waals surface area contributed by atoms with E-state index in [1.54, 1.807) is 13.8 Å². The molecule has 0 saturated heterocycles. The predicted molar refractivity (Wildman–Crippen MR) is 200 cm³/mol. The van der Waals surface area contributed by atoms with Crippen LogP contribution in [0.2, 0.25) is 0 Å². The molecule has 7 nitrogen and oxygen atoms in total. The molecule has 0 radical (unpaired) electrons. The maximum Gasteiger partial charge on any atom is 0.309 e. The van der Waals surface area contributed by atoms with Gasteiger partial charge in [-0.05, 0) is 130 Å². The summed E-state index contributed by atoms with van der Waals surface area (Å²) in [6.07, 6.45) is 15.1. The fourth-order valence-corrected chi connectivity index (χ4v) is 13.8. The van der Waals surface area contributed by atoms with E-state index in [9.17, 15) is 24.3 Å². The Morgan fingerprint density at radius 3 is 2.20 bits per heavy atom. The van der Waals surface area contributed by atoms with Gasteiger partial charge < -0.3 is 15.2 Å². The van der Waals surface area contributed by atoms with Gasteiger partial charge >= 0.3 is 11.9 Å². The lowest BCUT2D eigenvalue weighted by Gasteiger charge is -2.72. The van der Waals surface area contributed by atoms with Crippen LogP contribution in [0.25, 0.3) is 0 Å². The normalized spacial score (nSPS) is 39.5. The van der Waals surface area contributed by atoms with E-state index in [1.807, 2.05) is 0 Å². The Hall–Kier alpha value is -2.18. The SMILES string of the molecule is CC(C)C1=C2C3CCC4C5(C)CCC(OC(=O)CC(C)(C)C(=O)O)C(C)(C)C5CCC4(C)C3(C)CCC2(CCNC(=O)C2CCCCC2)CC1=O. The molecule has 0 aliphatic heterocycles. The van der Waals surface area contributed by atoms with Gasteiger partial charge in [0.05, 0.1) is 11.8 Å². The number of hydrogen-bond donors (Lipinski definition) is 2. The third-order valence-corrected chi connectivity index (χ3v) is 16.8. The summed E-state index contributed by atoms with van der Waals surface area (Å²) in [6.45, 7) is 20.6. The smallest absolute Gasteiger partial charge is 0.309 e. The highest BCUT2D eigenvalue weighted by molar-refractivity contribution is 6.00. The van der Waals surface area contributed by atoms with Crippen LogP contribution in [0.5, 0.6) is 0 Å². The van der Waals surface area contributed by atoms with Crippen molar-refractivity contribution in [3.8, 4) is 0 Å². The average Bonchev–Trinajstić information content (AvgIpc) is 3.35. The van der Waals surface area contributed by atoms with Crippen molar-refractivity contribution in [2.24, 2.45) is 62.1 Å². The van der Waals surface area contributed by atoms with Crippen LogP contribution in [-0.4, -0.2) is 41.4 Å². The first-order chi connectivity index (χ1) is 23.7. The van der Waals surface area contributed by atoms with Crippen LogP contribution < -0.4 is 5.32 Å². The van der Waals surface area contributed by atoms with Gasteiger partial charge in [0, 0.05) is 29.7 Å². The first-order valence-electron chi connectivity index (χ1n) is 20.7. The van der Waals surface area contributed by atoms with Crippen LogP contribution in [0.3, 0.4) is 0 Å². The van der Waals surface area contributed by atoms with Crippen LogP contribution >= 0.6 is 0 Å². The number of carboxylic acid groups (broad SMARTS) is 1. The summed E-state index contributed by atoms with van der Waals surface area (Å²) in [5.74, 6) is 0.862. The first-order valence-corrected chi connectivity index (χ1v) is 20.7. The molecular weight excluding hydrogens is 638 g/mol. The Bertz CT molecular complexity index is 1450. The molecule has 0 spiro atoms. The minimum atomic E-state index is -1.15. The fraction of sp³-hybridized carbons (Fsp3) is 0.864. The molecule has 0 aromatic heterocycles. The van der Waals surface area contributed by atoms with Gasteiger partial charge in [-0.2, -0.15) is 0 Å². The van der Waals surface area contributed by atoms with Crippen LogP contribution in [-0.2, 0) is 23.9 Å². The highest BCUT2D eigenvalue weighted by atomic mass is 16.5. The van der Waals surface area contributed by atoms with Gasteiger partial charge in [0.2, 0.25) is 5.91 Å². The zero-order chi connectivity index (χ0) is 37.4. The standard InChI is InChI=1S/C44H69NO6/c1-27(2)35-30(46)25-44(23-24-45-37(48)28-13-11-10-12-14-28)22-21-42(8)29(36(35)44)15-16-32-41(7)19-18-33(51-34(47)26-39(3,4)38(49)50)40(5,6)31(41)17-20-43(32,42)9/h27-29,31-33H,10-26H2,1-9H3,(H,45,48)(H,49,50). The Kier molecular flexibility index (Phi) is 10.0. The molecule has 5 fully saturated rings. The topological polar surface area (TPSA) is 110 Å². The number of carbonyl (C=O) groups excluding carboxylic acids is 3. The Morgan fingerprint density at radius 2 is 1.55 bits per heavy atom. The molecule has 6 rings (SSSR count). The number of ketones is 1. The van der Waals surface area contributed by atoms with Crippen molar-refractivity contribution in [2.45, 2.75) is 171 Å². The lowest BCUT2D eigenvalue weighted by molar-refractivity contribution is -0.233. The zero-order valence-electron chi connectivity index (χ0n) is 33.5. The summed E-state index contributed by atoms with van der Waals surface area (Å²) in [5, 5.41) is 12.9. The second kappa shape index (κ2) is 13.3. The van der Waals surface area contributed by atoms with Gasteiger partial charge in [0.15, 0.2) is 5.78 Å². The number of rotatable bonds is 9. The van der Waals surface area contributed by atoms with E-state index in [-0.39, 0.29) is 57.3 Å². The molecule has 8 atom stereocenters. The van der Waals surface area contributed by atoms with Crippen molar-refractivity contribution in [2.75, 3.05) is 6.54 Å². The van der Waals surface area contributed by atoms with E-state index in [4.69, 9.17) is 4.74 Å². The summed E-state index contributed by atoms with van der Waals surface area (Å²) < 4.78 is 6.17. The third-order valence-electron chi connectivity index (χ3n) is 16.8. The van der Waals surface area contributed by atoms with Gasteiger partial charge in [-0.3, -0.25) is 19.2 Å². The van der Waals surface area contributed by atoms with Crippen LogP contribution in [0.4, 0.5) is 0 Å². The van der Waals surface area contributed by atoms with E-state index in [2.05, 4.69) is 53.8 Å². The number of allylic oxidation sites excluding steroid dienone is 2. The number of Topliss-reactive ketones (excluding diaryl/α,β-unsaturated/α-hetero) is 1. The lowest BCUT2D eigenvalue weighted by atomic mass is 9.33. The second-order valence-electron chi connectivity index (χ2n) is 20.6. The molecule has 0 heterocycles. The second-order valence-corrected chi connectivity index (χ2v) is 20.6. The monoisotopic (exact) mass is 708 g/mol. The summed E-state index contributed by atoms with van der Waals surface area (Å²) in [7, 11) is 0. The number of hydrogen-bond acceptors (Lipinski definition) is 5. The van der Waals surface area contributed by atoms with Gasteiger partial charge in [0.25, 0.3) is 0 Å². The molecule has 0 aromatic rings. The van der Waals surface area contributed by atoms with Crippen molar-refractivity contribution in [1.82, 2.24) is 5.32 Å². The molecule has 51 heavy (non-hydrogen) atoms. The van der Waals surface area contributed by atoms with Gasteiger partial charge in [0.1, 0.15) is 6.10 Å². The summed E-state index contributed by atoms with van der Waals surface area (Å²) in [5.41, 5.74) is 1.39. The third kappa shape index (κ3) is 6.15. The van der Waals surface area contributed by atoms with Crippen LogP contribution in [0.1, 0.15) is 165 Å². The molecule has 1 amide bonds. The quantitative estimate of drug-likeness (QED) is 0.231. The van der Waals surface area contributed by atoms with Crippen molar-refractivity contribution in [3.63, 3.8) is 0 Å². The number of amides is 1. The molecule has 6 aliphatic carbocycles. The van der Waals surface area contributed by atoms with E-state index in [0.717, 1.165) is 89.0 Å². The van der Waals surface area contributed by atoms with Gasteiger partial charge in [-0.1, -0.05) is 73.3 Å². The van der Waals surface area contributed by atoms with Crippen molar-refractivity contribution < 1.29 is 29.0 Å². The van der Waals surface area contributed by atoms with Crippen molar-refractivity contribution in [3.05, 3.63) is 11.1 Å². The molecular formula is C44H69NO6. The van der Waals surface area contributed by atoms with Crippen LogP contribution in [0.15, 0.2) is 11.1 Å². The summed E-state index contributed by atoms with van der Waals surface area (Å²) in [4.78, 5) is 52.0. The lowest BCUT2D eigenvalue weighted by Crippen LogP contribution is -2.65. The maximum absolute atomic E-state index is 14.0. The van der Waals surface area contributed by atoms with E-state index >= 15 is 0 Å². The number of esters is 1. The molecule has 7 heteroatoms. The van der Waals surface area contributed by atoms with Crippen molar-refractivity contribution >= 4 is 23.6 Å². The van der Waals surface area contributed by atoms with Gasteiger partial charge in [-0.15, -0.1) is 0 Å². The number of aliphatic carboxylic acids is 1. The molecule has 5 saturated carbocycles. The van der Waals surface area contributed by atoms with E-state index in [1.165, 1.54) is 12.0 Å². The summed E-state index contributed by atoms with van der Waals surface area (Å²) in [6, 6.07) is 0. The van der Waals surface area contributed by atoms with Gasteiger partial charge in [-0.25, -0.2) is 0 Å². The molecule has 6 aliphatic rings. The van der Waals surface area contributed by atoms with Crippen LogP contribution in [0, 0.1) is 62.1 Å². The molecule has 8 unspecified atom stereocenters. The largest absolute Gasteiger partial charge is 0.481 e. The number of fused-ring (bicyclic) bond motifs is 7. The molecule has 286 valence electrons. The minimum absolute atomic E-state index is 0.0781. The highest BCUT2D eigenvalue weighted by Crippen LogP contribution is 2.77. The molecule has 0 aromatic carbocycles. The van der Waals surface area contributed by atoms with E-state index < -0.39 is 17.4 Å². The number of ether oxygens (including phenoxy) is 1. The average molecular weight is 708 g/mol. The number of carboxylic acids is 1. The Morgan fingerprint density at radius 1 is 0.863 bits per heavy atom. The van der Waals surface area contributed by atoms with Crippen molar-refractivity contribution in [1.29, 1.82) is 0 Å². The minimum Gasteiger partial charge on any atom is -0.481 e. The molecule has 2 N–H and O–H groups in total. The number of carbonyl (C=O) groups is 4. The number of nitrogens with one attached hydrogen (secondary N) is 1. The zero-order valence-corrected chi connectivity index (χ0v) is 33.5. The Balaban J connectivity index is 1.24. The fourth-order valence-electron chi connectivity index (χ4n) is 13.8. The first kappa shape index (κ1) is 38.5.